The van der Waals surface area contributed by atoms with Crippen molar-refractivity contribution in [3.05, 3.63) is 93.5 Å². The fraction of sp³-hybridized carbons (Fsp3) is 0.185. The molecule has 5 rings (SSSR count). The highest BCUT2D eigenvalue weighted by Gasteiger charge is 2.31. The Morgan fingerprint density at radius 1 is 0.889 bits per heavy atom. The number of nitrogens with one attached hydrogen (secondary N) is 1. The van der Waals surface area contributed by atoms with Gasteiger partial charge >= 0.3 is 0 Å². The number of guanidine groups is 1. The minimum Gasteiger partial charge on any atom is -0.324 e. The van der Waals surface area contributed by atoms with Crippen molar-refractivity contribution in [1.29, 1.82) is 0 Å². The Bertz CT molecular complexity index is 1440. The molecule has 1 atom stereocenters. The summed E-state index contributed by atoms with van der Waals surface area (Å²) in [6.45, 7) is 8.14. The van der Waals surface area contributed by atoms with Crippen molar-refractivity contribution in [3.63, 3.8) is 0 Å². The number of aliphatic imine (C=N–C) groups is 1. The Balaban J connectivity index is 1.48. The summed E-state index contributed by atoms with van der Waals surface area (Å²) >= 11 is 9.20. The van der Waals surface area contributed by atoms with E-state index in [0.29, 0.717) is 11.1 Å². The molecule has 6 nitrogen and oxygen atoms in total. The monoisotopic (exact) mass is 532 g/mol. The van der Waals surface area contributed by atoms with Gasteiger partial charge in [-0.05, 0) is 79.8 Å². The van der Waals surface area contributed by atoms with Gasteiger partial charge in [0.15, 0.2) is 0 Å². The van der Waals surface area contributed by atoms with Crippen LogP contribution in [0.1, 0.15) is 34.0 Å². The van der Waals surface area contributed by atoms with Gasteiger partial charge in [0.1, 0.15) is 10.4 Å². The second-order valence-electron chi connectivity index (χ2n) is 8.53. The summed E-state index contributed by atoms with van der Waals surface area (Å²) in [5, 5.41) is 21.7. The van der Waals surface area contributed by atoms with Gasteiger partial charge in [0, 0.05) is 10.7 Å². The molecular weight excluding hydrogens is 508 g/mol. The second kappa shape index (κ2) is 10.4. The van der Waals surface area contributed by atoms with Crippen LogP contribution in [0.3, 0.4) is 0 Å². The quantitative estimate of drug-likeness (QED) is 0.213. The van der Waals surface area contributed by atoms with Crippen LogP contribution in [0.25, 0.3) is 11.1 Å². The van der Waals surface area contributed by atoms with Crippen LogP contribution in [0.4, 0.5) is 10.8 Å². The van der Waals surface area contributed by atoms with E-state index in [1.807, 2.05) is 43.1 Å². The number of hydrazone groups is 1. The number of anilines is 1. The zero-order valence-electron chi connectivity index (χ0n) is 20.4. The summed E-state index contributed by atoms with van der Waals surface area (Å²) in [5.74, 6) is 0.602. The van der Waals surface area contributed by atoms with Crippen LogP contribution in [-0.4, -0.2) is 26.2 Å². The third kappa shape index (κ3) is 5.46. The first-order valence-electron chi connectivity index (χ1n) is 11.5. The Kier molecular flexibility index (Phi) is 7.09. The van der Waals surface area contributed by atoms with Gasteiger partial charge in [-0.1, -0.05) is 77.2 Å². The number of aryl methyl sites for hydroxylation is 3. The van der Waals surface area contributed by atoms with Gasteiger partial charge in [-0.15, -0.1) is 10.2 Å². The molecule has 0 radical (unpaired) electrons. The lowest BCUT2D eigenvalue weighted by Crippen LogP contribution is -2.32. The average Bonchev–Trinajstić information content (AvgIpc) is 3.46. The van der Waals surface area contributed by atoms with Crippen molar-refractivity contribution >= 4 is 56.5 Å². The molecule has 0 fully saturated rings. The molecule has 0 aliphatic carbocycles. The molecule has 4 aromatic rings. The van der Waals surface area contributed by atoms with Crippen LogP contribution in [0, 0.1) is 20.8 Å². The maximum atomic E-state index is 6.06. The van der Waals surface area contributed by atoms with E-state index in [2.05, 4.69) is 71.8 Å². The Morgan fingerprint density at radius 3 is 2.22 bits per heavy atom. The van der Waals surface area contributed by atoms with E-state index in [4.69, 9.17) is 21.7 Å². The lowest BCUT2D eigenvalue weighted by molar-refractivity contribution is 0.438. The predicted octanol–water partition coefficient (Wildman–Crippen LogP) is 7.96. The van der Waals surface area contributed by atoms with Crippen LogP contribution in [-0.2, 0) is 0 Å². The molecule has 2 heterocycles. The summed E-state index contributed by atoms with van der Waals surface area (Å²) in [6.07, 6.45) is 0. The lowest BCUT2D eigenvalue weighted by atomic mass is 10.0. The largest absolute Gasteiger partial charge is 0.324 e. The Morgan fingerprint density at radius 2 is 1.58 bits per heavy atom. The maximum Gasteiger partial charge on any atom is 0.234 e. The summed E-state index contributed by atoms with van der Waals surface area (Å²) in [7, 11) is 0. The molecule has 0 saturated carbocycles. The fourth-order valence-electron chi connectivity index (χ4n) is 3.80. The topological polar surface area (TPSA) is 65.8 Å². The van der Waals surface area contributed by atoms with Crippen LogP contribution in [0.15, 0.2) is 76.8 Å². The zero-order chi connectivity index (χ0) is 25.2. The van der Waals surface area contributed by atoms with Gasteiger partial charge in [-0.3, -0.25) is 0 Å². The predicted molar refractivity (Wildman–Crippen MR) is 153 cm³/mol. The fourth-order valence-corrected chi connectivity index (χ4v) is 5.48. The highest BCUT2D eigenvalue weighted by atomic mass is 35.5. The number of nitrogens with zero attached hydrogens (tertiary/aromatic N) is 5. The zero-order valence-corrected chi connectivity index (χ0v) is 22.7. The van der Waals surface area contributed by atoms with Gasteiger partial charge in [0.05, 0.1) is 5.04 Å². The molecule has 0 spiro atoms. The number of rotatable bonds is 4. The maximum absolute atomic E-state index is 6.06. The molecule has 0 amide bonds. The van der Waals surface area contributed by atoms with E-state index in [0.717, 1.165) is 37.5 Å². The SMILES string of the molecule is CC1=NN(/C(=N/c2nnc(C)s2)Nc2ccc(C)c(C)c2)C(c2ccc(-c3ccc(Cl)cc3)cc2)S1. The van der Waals surface area contributed by atoms with Crippen molar-refractivity contribution < 1.29 is 0 Å². The molecule has 3 aromatic carbocycles. The van der Waals surface area contributed by atoms with Crippen molar-refractivity contribution in [2.75, 3.05) is 5.32 Å². The minimum absolute atomic E-state index is 0.0731. The molecule has 1 aliphatic heterocycles. The van der Waals surface area contributed by atoms with Crippen molar-refractivity contribution in [2.45, 2.75) is 33.1 Å². The van der Waals surface area contributed by atoms with Gasteiger partial charge in [-0.2, -0.15) is 10.1 Å². The molecule has 0 bridgehead atoms. The van der Waals surface area contributed by atoms with Gasteiger partial charge in [0.25, 0.3) is 0 Å². The van der Waals surface area contributed by atoms with E-state index in [1.54, 1.807) is 11.8 Å². The first-order valence-corrected chi connectivity index (χ1v) is 13.5. The summed E-state index contributed by atoms with van der Waals surface area (Å²) in [5.41, 5.74) is 6.77. The summed E-state index contributed by atoms with van der Waals surface area (Å²) in [6, 6.07) is 22.7. The average molecular weight is 533 g/mol. The Labute approximate surface area is 224 Å². The molecule has 1 aromatic heterocycles. The standard InChI is InChI=1S/C27H25ClN6S2/c1-16-5-14-24(15-17(16)2)29-26(30-27-32-31-18(3)36-27)34-25(35-19(4)33-34)22-8-6-20(7-9-22)21-10-12-23(28)13-11-21/h5-15,25H,1-4H3,(H,29,30,32). The number of aromatic nitrogens is 2. The number of hydrogen-bond donors (Lipinski definition) is 1. The third-order valence-corrected chi connectivity index (χ3v) is 7.93. The van der Waals surface area contributed by atoms with Crippen molar-refractivity contribution in [2.24, 2.45) is 10.1 Å². The second-order valence-corrected chi connectivity index (χ2v) is 11.4. The lowest BCUT2D eigenvalue weighted by Gasteiger charge is -2.25. The summed E-state index contributed by atoms with van der Waals surface area (Å²) < 4.78 is 0. The first kappa shape index (κ1) is 24.5. The number of hydrogen-bond acceptors (Lipinski definition) is 6. The minimum atomic E-state index is -0.0731. The van der Waals surface area contributed by atoms with E-state index >= 15 is 0 Å². The van der Waals surface area contributed by atoms with Crippen molar-refractivity contribution in [1.82, 2.24) is 15.2 Å². The smallest absolute Gasteiger partial charge is 0.234 e. The number of benzene rings is 3. The van der Waals surface area contributed by atoms with Gasteiger partial charge in [-0.25, -0.2) is 5.01 Å². The van der Waals surface area contributed by atoms with Crippen LogP contribution in [0.5, 0.6) is 0 Å². The molecule has 182 valence electrons. The first-order chi connectivity index (χ1) is 17.4. The van der Waals surface area contributed by atoms with E-state index in [-0.39, 0.29) is 5.37 Å². The highest BCUT2D eigenvalue weighted by molar-refractivity contribution is 8.14. The molecule has 1 N–H and O–H groups in total. The molecule has 1 aliphatic rings. The normalized spacial score (nSPS) is 15.8. The summed E-state index contributed by atoms with van der Waals surface area (Å²) in [4.78, 5) is 4.84. The van der Waals surface area contributed by atoms with Crippen LogP contribution >= 0.6 is 34.7 Å². The molecule has 1 unspecified atom stereocenters. The molecule has 36 heavy (non-hydrogen) atoms. The number of halogens is 1. The van der Waals surface area contributed by atoms with E-state index in [9.17, 15) is 0 Å². The third-order valence-electron chi connectivity index (χ3n) is 5.82. The van der Waals surface area contributed by atoms with E-state index in [1.165, 1.54) is 22.5 Å². The number of thioether (sulfide) groups is 1. The van der Waals surface area contributed by atoms with Gasteiger partial charge in [0.2, 0.25) is 11.1 Å². The molecule has 9 heteroatoms. The molecular formula is C27H25ClN6S2. The van der Waals surface area contributed by atoms with Crippen LogP contribution in [0.2, 0.25) is 5.02 Å². The van der Waals surface area contributed by atoms with Crippen LogP contribution < -0.4 is 5.32 Å². The van der Waals surface area contributed by atoms with Crippen molar-refractivity contribution in [3.8, 4) is 11.1 Å². The van der Waals surface area contributed by atoms with E-state index < -0.39 is 0 Å². The Hall–Kier alpha value is -3.20. The molecule has 0 saturated heterocycles. The highest BCUT2D eigenvalue weighted by Crippen LogP contribution is 2.40. The van der Waals surface area contributed by atoms with Gasteiger partial charge < -0.3 is 5.32 Å².